The first-order valence-corrected chi connectivity index (χ1v) is 13.0. The molecule has 4 rings (SSSR count). The van der Waals surface area contributed by atoms with Gasteiger partial charge in [-0.25, -0.2) is 0 Å². The topological polar surface area (TPSA) is 59.1 Å². The lowest BCUT2D eigenvalue weighted by molar-refractivity contribution is -0.150. The van der Waals surface area contributed by atoms with E-state index in [9.17, 15) is 22.8 Å². The molecule has 0 N–H and O–H groups in total. The van der Waals surface area contributed by atoms with Crippen LogP contribution in [0.3, 0.4) is 0 Å². The summed E-state index contributed by atoms with van der Waals surface area (Å²) in [5.41, 5.74) is -0.936. The number of fused-ring (bicyclic) bond motifs is 1. The van der Waals surface area contributed by atoms with Gasteiger partial charge in [0.15, 0.2) is 6.73 Å². The average Bonchev–Trinajstić information content (AvgIpc) is 3.28. The summed E-state index contributed by atoms with van der Waals surface area (Å²) in [5, 5.41) is 0. The van der Waals surface area contributed by atoms with Crippen LogP contribution in [0.5, 0.6) is 5.75 Å². The Hall–Kier alpha value is -2.29. The Morgan fingerprint density at radius 2 is 1.92 bits per heavy atom. The van der Waals surface area contributed by atoms with Gasteiger partial charge in [0, 0.05) is 11.6 Å². The standard InChI is InChI=1S/C27H37F3N2O4/c1-18(2)26(11-9-22(15-26)31-12-5-4-6-19(10-13-31)24(33)35-3)25(34)32-16-20-14-21(27(28,29)30)7-8-23(20)36-17-32/h7-8,14,18-19,22H,4-6,9-13,15-17H2,1-3H3/t19?,22-,26+/m1/s1. The Morgan fingerprint density at radius 1 is 1.14 bits per heavy atom. The van der Waals surface area contributed by atoms with Crippen LogP contribution in [0.4, 0.5) is 13.2 Å². The first-order chi connectivity index (χ1) is 17.0. The lowest BCUT2D eigenvalue weighted by Gasteiger charge is -2.40. The van der Waals surface area contributed by atoms with Crippen molar-refractivity contribution in [3.05, 3.63) is 29.3 Å². The molecule has 1 saturated heterocycles. The summed E-state index contributed by atoms with van der Waals surface area (Å²) in [4.78, 5) is 30.1. The summed E-state index contributed by atoms with van der Waals surface area (Å²) in [7, 11) is 1.44. The van der Waals surface area contributed by atoms with Crippen LogP contribution in [0, 0.1) is 17.3 Å². The molecule has 1 amide bonds. The molecular formula is C27H37F3N2O4. The van der Waals surface area contributed by atoms with Gasteiger partial charge in [0.2, 0.25) is 5.91 Å². The normalized spacial score (nSPS) is 27.7. The van der Waals surface area contributed by atoms with Crippen LogP contribution in [0.25, 0.3) is 0 Å². The molecule has 9 heteroatoms. The van der Waals surface area contributed by atoms with Gasteiger partial charge in [-0.05, 0) is 75.7 Å². The molecule has 0 spiro atoms. The summed E-state index contributed by atoms with van der Waals surface area (Å²) in [5.74, 6) is 0.214. The fraction of sp³-hybridized carbons (Fsp3) is 0.704. The molecule has 1 aromatic carbocycles. The second-order valence-corrected chi connectivity index (χ2v) is 10.8. The van der Waals surface area contributed by atoms with Crippen LogP contribution in [-0.2, 0) is 27.0 Å². The number of methoxy groups -OCH3 is 1. The van der Waals surface area contributed by atoms with E-state index in [1.165, 1.54) is 13.2 Å². The highest BCUT2D eigenvalue weighted by atomic mass is 19.4. The highest BCUT2D eigenvalue weighted by Crippen LogP contribution is 2.48. The van der Waals surface area contributed by atoms with Gasteiger partial charge in [-0.2, -0.15) is 13.2 Å². The molecule has 2 aliphatic heterocycles. The number of likely N-dealkylation sites (tertiary alicyclic amines) is 1. The third kappa shape index (κ3) is 5.36. The zero-order valence-corrected chi connectivity index (χ0v) is 21.4. The Balaban J connectivity index is 1.48. The Morgan fingerprint density at radius 3 is 2.61 bits per heavy atom. The van der Waals surface area contributed by atoms with Gasteiger partial charge in [0.25, 0.3) is 0 Å². The number of rotatable bonds is 4. The van der Waals surface area contributed by atoms with Gasteiger partial charge in [0.05, 0.1) is 30.6 Å². The summed E-state index contributed by atoms with van der Waals surface area (Å²) < 4.78 is 50.4. The van der Waals surface area contributed by atoms with E-state index in [1.54, 1.807) is 4.90 Å². The first-order valence-electron chi connectivity index (χ1n) is 13.0. The van der Waals surface area contributed by atoms with Crippen molar-refractivity contribution in [2.45, 2.75) is 77.6 Å². The van der Waals surface area contributed by atoms with E-state index in [0.29, 0.717) is 17.7 Å². The SMILES string of the molecule is COC(=O)C1CCCCN([C@@H]2CC[C@@](C(=O)N3COc4ccc(C(F)(F)F)cc4C3)(C(C)C)C2)CC1. The average molecular weight is 511 g/mol. The molecule has 1 unspecified atom stereocenters. The third-order valence-corrected chi connectivity index (χ3v) is 8.53. The minimum Gasteiger partial charge on any atom is -0.473 e. The van der Waals surface area contributed by atoms with Crippen molar-refractivity contribution in [3.8, 4) is 5.75 Å². The maximum atomic E-state index is 13.9. The van der Waals surface area contributed by atoms with E-state index in [4.69, 9.17) is 9.47 Å². The van der Waals surface area contributed by atoms with Gasteiger partial charge in [-0.1, -0.05) is 20.3 Å². The van der Waals surface area contributed by atoms with Crippen molar-refractivity contribution >= 4 is 11.9 Å². The Bertz CT molecular complexity index is 967. The highest BCUT2D eigenvalue weighted by Gasteiger charge is 2.51. The minimum absolute atomic E-state index is 0.0393. The van der Waals surface area contributed by atoms with E-state index < -0.39 is 17.2 Å². The molecule has 1 saturated carbocycles. The van der Waals surface area contributed by atoms with Crippen LogP contribution in [0.1, 0.15) is 69.9 Å². The zero-order valence-electron chi connectivity index (χ0n) is 21.4. The van der Waals surface area contributed by atoms with Gasteiger partial charge < -0.3 is 19.3 Å². The molecule has 1 aromatic rings. The number of benzene rings is 1. The van der Waals surface area contributed by atoms with Gasteiger partial charge in [-0.3, -0.25) is 9.59 Å². The number of ether oxygens (including phenoxy) is 2. The Kier molecular flexibility index (Phi) is 7.88. The maximum Gasteiger partial charge on any atom is 0.416 e. The molecule has 6 nitrogen and oxygen atoms in total. The van der Waals surface area contributed by atoms with Crippen LogP contribution in [-0.4, -0.2) is 54.6 Å². The number of alkyl halides is 3. The van der Waals surface area contributed by atoms with E-state index in [1.807, 2.05) is 0 Å². The van der Waals surface area contributed by atoms with Crippen molar-refractivity contribution in [2.75, 3.05) is 26.9 Å². The van der Waals surface area contributed by atoms with E-state index in [0.717, 1.165) is 63.7 Å². The molecule has 2 heterocycles. The second-order valence-electron chi connectivity index (χ2n) is 10.8. The molecule has 3 atom stereocenters. The number of carbonyl (C=O) groups excluding carboxylic acids is 2. The molecule has 1 aliphatic carbocycles. The molecular weight excluding hydrogens is 473 g/mol. The van der Waals surface area contributed by atoms with Crippen molar-refractivity contribution in [3.63, 3.8) is 0 Å². The summed E-state index contributed by atoms with van der Waals surface area (Å²) in [6, 6.07) is 3.68. The molecule has 0 radical (unpaired) electrons. The lowest BCUT2D eigenvalue weighted by Crippen LogP contribution is -2.49. The number of halogens is 3. The molecule has 36 heavy (non-hydrogen) atoms. The fourth-order valence-corrected chi connectivity index (χ4v) is 6.24. The fourth-order valence-electron chi connectivity index (χ4n) is 6.24. The van der Waals surface area contributed by atoms with Crippen molar-refractivity contribution < 1.29 is 32.2 Å². The molecule has 0 bridgehead atoms. The smallest absolute Gasteiger partial charge is 0.416 e. The number of hydrogen-bond donors (Lipinski definition) is 0. The number of hydrogen-bond acceptors (Lipinski definition) is 5. The van der Waals surface area contributed by atoms with E-state index >= 15 is 0 Å². The van der Waals surface area contributed by atoms with Crippen molar-refractivity contribution in [1.82, 2.24) is 9.80 Å². The van der Waals surface area contributed by atoms with Crippen LogP contribution in [0.2, 0.25) is 0 Å². The highest BCUT2D eigenvalue weighted by molar-refractivity contribution is 5.83. The van der Waals surface area contributed by atoms with Crippen LogP contribution < -0.4 is 4.74 Å². The van der Waals surface area contributed by atoms with Gasteiger partial charge >= 0.3 is 12.1 Å². The minimum atomic E-state index is -4.45. The number of carbonyl (C=O) groups is 2. The summed E-state index contributed by atoms with van der Waals surface area (Å²) in [6.45, 7) is 6.01. The quantitative estimate of drug-likeness (QED) is 0.519. The van der Waals surface area contributed by atoms with Crippen molar-refractivity contribution in [1.29, 1.82) is 0 Å². The second kappa shape index (κ2) is 10.6. The van der Waals surface area contributed by atoms with Crippen molar-refractivity contribution in [2.24, 2.45) is 17.3 Å². The number of nitrogens with zero attached hydrogens (tertiary/aromatic N) is 2. The van der Waals surface area contributed by atoms with Gasteiger partial charge in [-0.15, -0.1) is 0 Å². The third-order valence-electron chi connectivity index (χ3n) is 8.53. The summed E-state index contributed by atoms with van der Waals surface area (Å²) >= 11 is 0. The van der Waals surface area contributed by atoms with E-state index in [2.05, 4.69) is 18.7 Å². The predicted octanol–water partition coefficient (Wildman–Crippen LogP) is 5.24. The zero-order chi connectivity index (χ0) is 26.1. The van der Waals surface area contributed by atoms with Crippen LogP contribution in [0.15, 0.2) is 18.2 Å². The van der Waals surface area contributed by atoms with E-state index in [-0.39, 0.29) is 43.0 Å². The molecule has 0 aromatic heterocycles. The molecule has 3 aliphatic rings. The van der Waals surface area contributed by atoms with Gasteiger partial charge in [0.1, 0.15) is 5.75 Å². The number of amides is 1. The molecule has 2 fully saturated rings. The lowest BCUT2D eigenvalue weighted by atomic mass is 9.74. The molecule has 200 valence electrons. The first kappa shape index (κ1) is 26.8. The maximum absolute atomic E-state index is 13.9. The predicted molar refractivity (Wildman–Crippen MR) is 128 cm³/mol. The van der Waals surface area contributed by atoms with Crippen LogP contribution >= 0.6 is 0 Å². The Labute approximate surface area is 211 Å². The number of esters is 1. The summed E-state index contributed by atoms with van der Waals surface area (Å²) in [6.07, 6.45) is 1.46. The monoisotopic (exact) mass is 510 g/mol. The largest absolute Gasteiger partial charge is 0.473 e.